The third kappa shape index (κ3) is 4.83. The molecule has 1 atom stereocenters. The second-order valence-electron chi connectivity index (χ2n) is 6.82. The van der Waals surface area contributed by atoms with Gasteiger partial charge in [0, 0.05) is 29.9 Å². The molecule has 0 bridgehead atoms. The number of morpholine rings is 1. The van der Waals surface area contributed by atoms with Crippen molar-refractivity contribution in [1.82, 2.24) is 29.5 Å². The van der Waals surface area contributed by atoms with Gasteiger partial charge in [0.2, 0.25) is 16.9 Å². The Labute approximate surface area is 187 Å². The molecule has 1 aliphatic heterocycles. The number of amides is 1. The Bertz CT molecular complexity index is 1110. The van der Waals surface area contributed by atoms with Crippen molar-refractivity contribution in [3.63, 3.8) is 0 Å². The van der Waals surface area contributed by atoms with Gasteiger partial charge in [-0.25, -0.2) is 9.97 Å². The van der Waals surface area contributed by atoms with Crippen LogP contribution in [0.3, 0.4) is 0 Å². The zero-order valence-corrected chi connectivity index (χ0v) is 18.8. The molecule has 31 heavy (non-hydrogen) atoms. The average Bonchev–Trinajstić information content (AvgIpc) is 3.19. The van der Waals surface area contributed by atoms with Crippen molar-refractivity contribution in [2.75, 3.05) is 39.7 Å². The van der Waals surface area contributed by atoms with Crippen LogP contribution in [0, 0.1) is 6.92 Å². The quantitative estimate of drug-likeness (QED) is 0.400. The Hall–Kier alpha value is -2.63. The number of nitrogens with zero attached hydrogens (tertiary/aromatic N) is 6. The van der Waals surface area contributed by atoms with E-state index in [1.807, 2.05) is 13.2 Å². The maximum Gasteiger partial charge on any atom is 0.256 e. The van der Waals surface area contributed by atoms with Gasteiger partial charge in [-0.3, -0.25) is 4.79 Å². The number of carbonyl (C=O) groups is 1. The molecule has 10 nitrogen and oxygen atoms in total. The van der Waals surface area contributed by atoms with Gasteiger partial charge >= 0.3 is 0 Å². The maximum absolute atomic E-state index is 12.9. The van der Waals surface area contributed by atoms with E-state index < -0.39 is 0 Å². The lowest BCUT2D eigenvalue weighted by Crippen LogP contribution is -2.47. The minimum Gasteiger partial charge on any atom is -0.481 e. The predicted molar refractivity (Wildman–Crippen MR) is 114 cm³/mol. The Morgan fingerprint density at radius 3 is 2.94 bits per heavy atom. The van der Waals surface area contributed by atoms with Crippen LogP contribution in [0.1, 0.15) is 16.1 Å². The molecule has 0 aromatic carbocycles. The summed E-state index contributed by atoms with van der Waals surface area (Å²) in [6.07, 6.45) is 1.60. The summed E-state index contributed by atoms with van der Waals surface area (Å²) >= 11 is 7.43. The third-order valence-corrected chi connectivity index (χ3v) is 5.37. The van der Waals surface area contributed by atoms with E-state index in [4.69, 9.17) is 25.8 Å². The van der Waals surface area contributed by atoms with Crippen LogP contribution < -0.4 is 9.47 Å². The van der Waals surface area contributed by atoms with Crippen molar-refractivity contribution >= 4 is 35.0 Å². The van der Waals surface area contributed by atoms with Crippen molar-refractivity contribution in [3.05, 3.63) is 34.6 Å². The van der Waals surface area contributed by atoms with Crippen LogP contribution in [0.5, 0.6) is 11.8 Å². The van der Waals surface area contributed by atoms with Gasteiger partial charge in [-0.05, 0) is 19.2 Å². The van der Waals surface area contributed by atoms with Crippen molar-refractivity contribution < 1.29 is 19.0 Å². The Morgan fingerprint density at radius 2 is 2.16 bits per heavy atom. The molecule has 0 spiro atoms. The van der Waals surface area contributed by atoms with E-state index in [-0.39, 0.29) is 23.8 Å². The van der Waals surface area contributed by atoms with E-state index in [2.05, 4.69) is 20.1 Å². The number of pyridine rings is 1. The van der Waals surface area contributed by atoms with Crippen molar-refractivity contribution in [2.45, 2.75) is 18.2 Å². The molecule has 12 heteroatoms. The summed E-state index contributed by atoms with van der Waals surface area (Å²) < 4.78 is 18.5. The lowest BCUT2D eigenvalue weighted by Gasteiger charge is -2.32. The number of hydrogen-bond donors (Lipinski definition) is 0. The molecule has 0 aliphatic carbocycles. The van der Waals surface area contributed by atoms with E-state index in [1.165, 1.54) is 24.9 Å². The van der Waals surface area contributed by atoms with E-state index in [1.54, 1.807) is 21.5 Å². The second kappa shape index (κ2) is 9.25. The Balaban J connectivity index is 1.45. The summed E-state index contributed by atoms with van der Waals surface area (Å²) in [5.74, 6) is 1.12. The van der Waals surface area contributed by atoms with E-state index >= 15 is 0 Å². The molecule has 1 unspecified atom stereocenters. The predicted octanol–water partition coefficient (Wildman–Crippen LogP) is 2.13. The first kappa shape index (κ1) is 21.6. The number of rotatable bonds is 6. The van der Waals surface area contributed by atoms with Gasteiger partial charge in [0.1, 0.15) is 17.9 Å². The summed E-state index contributed by atoms with van der Waals surface area (Å²) in [6.45, 7) is 3.36. The number of halogens is 1. The maximum atomic E-state index is 12.9. The fourth-order valence-corrected chi connectivity index (χ4v) is 3.73. The molecule has 0 radical (unpaired) electrons. The topological polar surface area (TPSA) is 104 Å². The minimum atomic E-state index is -0.302. The minimum absolute atomic E-state index is 0.168. The molecule has 3 aromatic rings. The van der Waals surface area contributed by atoms with Crippen LogP contribution in [0.15, 0.2) is 23.4 Å². The molecular formula is C19H21ClN6O4S. The number of ether oxygens (including phenoxy) is 3. The van der Waals surface area contributed by atoms with Gasteiger partial charge in [0.25, 0.3) is 11.7 Å². The molecule has 1 aliphatic rings. The van der Waals surface area contributed by atoms with Gasteiger partial charge in [0.15, 0.2) is 0 Å². The number of thioether (sulfide) groups is 1. The first-order valence-corrected chi connectivity index (χ1v) is 11.1. The van der Waals surface area contributed by atoms with Crippen LogP contribution in [0.25, 0.3) is 5.78 Å². The van der Waals surface area contributed by atoms with Crippen LogP contribution in [0.2, 0.25) is 5.15 Å². The van der Waals surface area contributed by atoms with Crippen molar-refractivity contribution in [2.24, 2.45) is 0 Å². The van der Waals surface area contributed by atoms with Crippen LogP contribution in [0.4, 0.5) is 0 Å². The van der Waals surface area contributed by atoms with Crippen molar-refractivity contribution in [3.8, 4) is 11.8 Å². The fourth-order valence-electron chi connectivity index (χ4n) is 3.19. The summed E-state index contributed by atoms with van der Waals surface area (Å²) in [4.78, 5) is 27.4. The van der Waals surface area contributed by atoms with Gasteiger partial charge in [-0.1, -0.05) is 23.4 Å². The van der Waals surface area contributed by atoms with Gasteiger partial charge in [-0.2, -0.15) is 9.50 Å². The number of aromatic nitrogens is 5. The van der Waals surface area contributed by atoms with E-state index in [9.17, 15) is 4.79 Å². The number of carbonyl (C=O) groups excluding carboxylic acids is 1. The van der Waals surface area contributed by atoms with Gasteiger partial charge < -0.3 is 19.1 Å². The molecule has 0 saturated carbocycles. The number of aryl methyl sites for hydroxylation is 1. The summed E-state index contributed by atoms with van der Waals surface area (Å²) in [7, 11) is 1.48. The van der Waals surface area contributed by atoms with Gasteiger partial charge in [-0.15, -0.1) is 5.10 Å². The lowest BCUT2D eigenvalue weighted by atomic mass is 10.2. The average molecular weight is 465 g/mol. The van der Waals surface area contributed by atoms with E-state index in [0.29, 0.717) is 48.0 Å². The highest BCUT2D eigenvalue weighted by Gasteiger charge is 2.26. The molecule has 4 heterocycles. The smallest absolute Gasteiger partial charge is 0.256 e. The van der Waals surface area contributed by atoms with Crippen LogP contribution in [-0.4, -0.2) is 81.1 Å². The SMILES string of the molecule is COc1cc(C(=O)N2CCOC(COc3cc(C)nc4nc(SC)nn34)C2)cc(Cl)n1. The Morgan fingerprint density at radius 1 is 1.32 bits per heavy atom. The standard InChI is InChI=1S/C19H21ClN6O4S/c1-11-6-16(26-18(21-11)23-19(24-26)31-3)30-10-13-9-25(4-5-29-13)17(27)12-7-14(20)22-15(8-12)28-2/h6-8,13H,4-5,9-10H2,1-3H3. The molecule has 4 rings (SSSR count). The van der Waals surface area contributed by atoms with Crippen LogP contribution in [-0.2, 0) is 4.74 Å². The zero-order chi connectivity index (χ0) is 22.0. The lowest BCUT2D eigenvalue weighted by molar-refractivity contribution is -0.0410. The van der Waals surface area contributed by atoms with Crippen LogP contribution >= 0.6 is 23.4 Å². The first-order chi connectivity index (χ1) is 15.0. The molecular weight excluding hydrogens is 444 g/mol. The second-order valence-corrected chi connectivity index (χ2v) is 7.98. The molecule has 164 valence electrons. The highest BCUT2D eigenvalue weighted by atomic mass is 35.5. The van der Waals surface area contributed by atoms with Gasteiger partial charge in [0.05, 0.1) is 20.3 Å². The van der Waals surface area contributed by atoms with Crippen molar-refractivity contribution in [1.29, 1.82) is 0 Å². The summed E-state index contributed by atoms with van der Waals surface area (Å²) in [5.41, 5.74) is 1.18. The molecule has 3 aromatic heterocycles. The summed E-state index contributed by atoms with van der Waals surface area (Å²) in [5, 5.41) is 5.20. The zero-order valence-electron chi connectivity index (χ0n) is 17.2. The number of fused-ring (bicyclic) bond motifs is 1. The molecule has 1 amide bonds. The number of hydrogen-bond acceptors (Lipinski definition) is 9. The number of methoxy groups -OCH3 is 1. The largest absolute Gasteiger partial charge is 0.481 e. The molecule has 1 fully saturated rings. The molecule has 0 N–H and O–H groups in total. The van der Waals surface area contributed by atoms with E-state index in [0.717, 1.165) is 5.69 Å². The highest BCUT2D eigenvalue weighted by Crippen LogP contribution is 2.20. The summed E-state index contributed by atoms with van der Waals surface area (Å²) in [6, 6.07) is 4.89. The molecule has 1 saturated heterocycles. The fraction of sp³-hybridized carbons (Fsp3) is 0.421. The Kier molecular flexibility index (Phi) is 6.44. The first-order valence-electron chi connectivity index (χ1n) is 9.50. The third-order valence-electron chi connectivity index (χ3n) is 4.64. The normalized spacial score (nSPS) is 16.5. The highest BCUT2D eigenvalue weighted by molar-refractivity contribution is 7.98. The monoisotopic (exact) mass is 464 g/mol.